The minimum absolute atomic E-state index is 0.0923. The normalized spacial score (nSPS) is 22.3. The molecule has 0 aliphatic carbocycles. The Morgan fingerprint density at radius 1 is 1.27 bits per heavy atom. The van der Waals surface area contributed by atoms with Crippen molar-refractivity contribution in [3.63, 3.8) is 0 Å². The molecule has 1 N–H and O–H groups in total. The zero-order chi connectivity index (χ0) is 17.7. The summed E-state index contributed by atoms with van der Waals surface area (Å²) >= 11 is 1.85. The number of likely N-dealkylation sites (tertiary alicyclic amines) is 1. The zero-order valence-electron chi connectivity index (χ0n) is 14.8. The van der Waals surface area contributed by atoms with E-state index in [1.165, 1.54) is 22.6 Å². The second-order valence-electron chi connectivity index (χ2n) is 7.54. The van der Waals surface area contributed by atoms with Crippen LogP contribution in [0.15, 0.2) is 40.8 Å². The van der Waals surface area contributed by atoms with Crippen molar-refractivity contribution >= 4 is 11.3 Å². The number of aromatic amines is 1. The summed E-state index contributed by atoms with van der Waals surface area (Å²) in [5.74, 6) is 1.66. The number of pyridine rings is 1. The van der Waals surface area contributed by atoms with Crippen molar-refractivity contribution < 1.29 is 0 Å². The SMILES string of the molecule is Cc1ccsc1CN1C[C@@H]2C[C@H](C1)c1ccc(-c3ncc[nH]3)c(=O)n1C2. The molecule has 2 atom stereocenters. The standard InChI is InChI=1S/C20H22N4OS/c1-13-4-7-26-18(13)12-23-9-14-8-15(11-23)17-3-2-16(19-21-5-6-22-19)20(25)24(17)10-14/h2-7,14-15H,8-12H2,1H3,(H,21,22)/t14-,15+/m0/s1. The van der Waals surface area contributed by atoms with Gasteiger partial charge in [-0.1, -0.05) is 0 Å². The number of H-pyrrole nitrogens is 1. The highest BCUT2D eigenvalue weighted by atomic mass is 32.1. The molecule has 3 aromatic heterocycles. The van der Waals surface area contributed by atoms with E-state index in [4.69, 9.17) is 0 Å². The molecule has 0 unspecified atom stereocenters. The van der Waals surface area contributed by atoms with Crippen molar-refractivity contribution in [3.8, 4) is 11.4 Å². The van der Waals surface area contributed by atoms with Gasteiger partial charge >= 0.3 is 0 Å². The van der Waals surface area contributed by atoms with Crippen molar-refractivity contribution in [3.05, 3.63) is 62.5 Å². The van der Waals surface area contributed by atoms with Crippen LogP contribution in [0.4, 0.5) is 0 Å². The molecule has 0 amide bonds. The molecule has 134 valence electrons. The second-order valence-corrected chi connectivity index (χ2v) is 8.55. The zero-order valence-corrected chi connectivity index (χ0v) is 15.6. The van der Waals surface area contributed by atoms with E-state index in [1.807, 2.05) is 22.0 Å². The summed E-state index contributed by atoms with van der Waals surface area (Å²) in [7, 11) is 0. The van der Waals surface area contributed by atoms with Crippen LogP contribution in [0, 0.1) is 12.8 Å². The van der Waals surface area contributed by atoms with Gasteiger partial charge in [-0.2, -0.15) is 0 Å². The van der Waals surface area contributed by atoms with Crippen LogP contribution in [0.25, 0.3) is 11.4 Å². The fraction of sp³-hybridized carbons (Fsp3) is 0.400. The van der Waals surface area contributed by atoms with E-state index in [0.717, 1.165) is 26.2 Å². The number of aromatic nitrogens is 3. The molecule has 1 saturated heterocycles. The van der Waals surface area contributed by atoms with Gasteiger partial charge in [0.2, 0.25) is 0 Å². The smallest absolute Gasteiger partial charge is 0.261 e. The lowest BCUT2D eigenvalue weighted by Crippen LogP contribution is -2.46. The summed E-state index contributed by atoms with van der Waals surface area (Å²) in [6.45, 7) is 6.16. The van der Waals surface area contributed by atoms with Crippen LogP contribution in [0.5, 0.6) is 0 Å². The highest BCUT2D eigenvalue weighted by molar-refractivity contribution is 7.10. The Kier molecular flexibility index (Phi) is 3.83. The Balaban J connectivity index is 1.45. The first-order chi connectivity index (χ1) is 12.7. The number of piperidine rings is 1. The number of imidazole rings is 1. The van der Waals surface area contributed by atoms with Crippen LogP contribution in [0.3, 0.4) is 0 Å². The number of fused-ring (bicyclic) bond motifs is 4. The fourth-order valence-corrected chi connectivity index (χ4v) is 5.48. The Labute approximate surface area is 156 Å². The minimum Gasteiger partial charge on any atom is -0.344 e. The molecule has 0 spiro atoms. The molecule has 6 heteroatoms. The highest BCUT2D eigenvalue weighted by Gasteiger charge is 2.35. The van der Waals surface area contributed by atoms with Gasteiger partial charge in [-0.3, -0.25) is 9.69 Å². The Morgan fingerprint density at radius 2 is 2.19 bits per heavy atom. The van der Waals surface area contributed by atoms with E-state index < -0.39 is 0 Å². The molecule has 2 bridgehead atoms. The average molecular weight is 366 g/mol. The first-order valence-electron chi connectivity index (χ1n) is 9.18. The summed E-state index contributed by atoms with van der Waals surface area (Å²) in [5.41, 5.74) is 3.35. The lowest BCUT2D eigenvalue weighted by Gasteiger charge is -2.42. The van der Waals surface area contributed by atoms with Crippen molar-refractivity contribution in [2.24, 2.45) is 5.92 Å². The number of nitrogens with one attached hydrogen (secondary N) is 1. The molecule has 5 rings (SSSR count). The van der Waals surface area contributed by atoms with E-state index in [1.54, 1.807) is 12.4 Å². The van der Waals surface area contributed by atoms with E-state index >= 15 is 0 Å². The third kappa shape index (κ3) is 2.64. The minimum atomic E-state index is 0.0923. The first kappa shape index (κ1) is 16.0. The molecular weight excluding hydrogens is 344 g/mol. The van der Waals surface area contributed by atoms with Crippen LogP contribution in [0.1, 0.15) is 28.5 Å². The average Bonchev–Trinajstić information content (AvgIpc) is 3.29. The molecule has 3 aromatic rings. The maximum Gasteiger partial charge on any atom is 0.261 e. The lowest BCUT2D eigenvalue weighted by atomic mass is 9.83. The summed E-state index contributed by atoms with van der Waals surface area (Å²) in [5, 5.41) is 2.18. The van der Waals surface area contributed by atoms with Crippen molar-refractivity contribution in [1.82, 2.24) is 19.4 Å². The van der Waals surface area contributed by atoms with Crippen molar-refractivity contribution in [2.75, 3.05) is 13.1 Å². The summed E-state index contributed by atoms with van der Waals surface area (Å²) in [6.07, 6.45) is 4.65. The van der Waals surface area contributed by atoms with Crippen LogP contribution < -0.4 is 5.56 Å². The molecule has 5 heterocycles. The van der Waals surface area contributed by atoms with Gasteiger partial charge in [0.15, 0.2) is 0 Å². The molecule has 2 aliphatic heterocycles. The molecule has 26 heavy (non-hydrogen) atoms. The number of aryl methyl sites for hydroxylation is 1. The predicted octanol–water partition coefficient (Wildman–Crippen LogP) is 3.23. The molecular formula is C20H22N4OS. The molecule has 2 aliphatic rings. The monoisotopic (exact) mass is 366 g/mol. The number of nitrogens with zero attached hydrogens (tertiary/aromatic N) is 3. The Hall–Kier alpha value is -2.18. The summed E-state index contributed by atoms with van der Waals surface area (Å²) in [6, 6.07) is 6.28. The molecule has 1 fully saturated rings. The third-order valence-electron chi connectivity index (χ3n) is 5.77. The molecule has 0 aromatic carbocycles. The topological polar surface area (TPSA) is 53.9 Å². The summed E-state index contributed by atoms with van der Waals surface area (Å²) < 4.78 is 2.00. The van der Waals surface area contributed by atoms with E-state index in [-0.39, 0.29) is 5.56 Å². The van der Waals surface area contributed by atoms with Gasteiger partial charge in [0.05, 0.1) is 5.56 Å². The summed E-state index contributed by atoms with van der Waals surface area (Å²) in [4.78, 5) is 24.4. The van der Waals surface area contributed by atoms with Crippen LogP contribution in [-0.2, 0) is 13.1 Å². The van der Waals surface area contributed by atoms with E-state index in [2.05, 4.69) is 39.3 Å². The highest BCUT2D eigenvalue weighted by Crippen LogP contribution is 2.36. The quantitative estimate of drug-likeness (QED) is 0.774. The second kappa shape index (κ2) is 6.21. The first-order valence-corrected chi connectivity index (χ1v) is 10.1. The number of hydrogen-bond donors (Lipinski definition) is 1. The largest absolute Gasteiger partial charge is 0.344 e. The molecule has 0 radical (unpaired) electrons. The fourth-order valence-electron chi connectivity index (χ4n) is 4.54. The van der Waals surface area contributed by atoms with Gasteiger partial charge in [-0.25, -0.2) is 4.98 Å². The Morgan fingerprint density at radius 3 is 2.96 bits per heavy atom. The van der Waals surface area contributed by atoms with E-state index in [9.17, 15) is 4.79 Å². The van der Waals surface area contributed by atoms with Crippen molar-refractivity contribution in [1.29, 1.82) is 0 Å². The van der Waals surface area contributed by atoms with Gasteiger partial charge in [-0.05, 0) is 48.4 Å². The number of hydrogen-bond acceptors (Lipinski definition) is 4. The number of thiophene rings is 1. The van der Waals surface area contributed by atoms with Crippen LogP contribution in [-0.4, -0.2) is 32.5 Å². The van der Waals surface area contributed by atoms with Crippen molar-refractivity contribution in [2.45, 2.75) is 32.4 Å². The molecule has 0 saturated carbocycles. The molecule has 5 nitrogen and oxygen atoms in total. The van der Waals surface area contributed by atoms with Gasteiger partial charge in [0.1, 0.15) is 5.82 Å². The van der Waals surface area contributed by atoms with Crippen LogP contribution in [0.2, 0.25) is 0 Å². The van der Waals surface area contributed by atoms with E-state index in [0.29, 0.717) is 23.2 Å². The van der Waals surface area contributed by atoms with Crippen LogP contribution >= 0.6 is 11.3 Å². The predicted molar refractivity (Wildman–Crippen MR) is 103 cm³/mol. The van der Waals surface area contributed by atoms with Gasteiger partial charge < -0.3 is 9.55 Å². The Bertz CT molecular complexity index is 988. The lowest BCUT2D eigenvalue weighted by molar-refractivity contribution is 0.115. The van der Waals surface area contributed by atoms with Gasteiger partial charge in [0.25, 0.3) is 5.56 Å². The maximum atomic E-state index is 13.0. The third-order valence-corrected chi connectivity index (χ3v) is 6.78. The van der Waals surface area contributed by atoms with Gasteiger partial charge in [-0.15, -0.1) is 11.3 Å². The van der Waals surface area contributed by atoms with Gasteiger partial charge in [0, 0.05) is 55.1 Å². The number of rotatable bonds is 3. The maximum absolute atomic E-state index is 13.0.